The van der Waals surface area contributed by atoms with Crippen LogP contribution >= 0.6 is 0 Å². The van der Waals surface area contributed by atoms with Crippen LogP contribution in [-0.2, 0) is 10.3 Å². The van der Waals surface area contributed by atoms with Gasteiger partial charge in [-0.05, 0) is 55.6 Å². The Balaban J connectivity index is 1.89. The Bertz CT molecular complexity index is 748. The first-order chi connectivity index (χ1) is 13.4. The van der Waals surface area contributed by atoms with E-state index in [-0.39, 0.29) is 5.54 Å². The van der Waals surface area contributed by atoms with Crippen molar-refractivity contribution >= 4 is 0 Å². The average Bonchev–Trinajstić information content (AvgIpc) is 2.77. The predicted octanol–water partition coefficient (Wildman–Crippen LogP) is 5.52. The Morgan fingerprint density at radius 1 is 0.852 bits per heavy atom. The summed E-state index contributed by atoms with van der Waals surface area (Å²) in [5.41, 5.74) is 2.64. The van der Waals surface area contributed by atoms with E-state index in [0.717, 1.165) is 25.3 Å². The zero-order valence-corrected chi connectivity index (χ0v) is 16.2. The molecule has 1 heterocycles. The Hall–Kier alpha value is -2.32. The number of likely N-dealkylation sites (tertiary alicyclic amines) is 1. The van der Waals surface area contributed by atoms with E-state index in [1.165, 1.54) is 30.4 Å². The van der Waals surface area contributed by atoms with E-state index in [4.69, 9.17) is 4.74 Å². The molecule has 0 spiro atoms. The third-order valence-electron chi connectivity index (χ3n) is 6.12. The van der Waals surface area contributed by atoms with E-state index in [9.17, 15) is 0 Å². The van der Waals surface area contributed by atoms with Crippen LogP contribution in [0, 0.1) is 5.92 Å². The Labute approximate surface area is 163 Å². The molecule has 2 nitrogen and oxygen atoms in total. The number of ether oxygens (including phenoxy) is 1. The van der Waals surface area contributed by atoms with Crippen LogP contribution in [0.1, 0.15) is 36.8 Å². The number of hydrogen-bond donors (Lipinski definition) is 0. The molecule has 140 valence electrons. The molecule has 1 fully saturated rings. The normalized spacial score (nSPS) is 20.9. The zero-order valence-electron chi connectivity index (χ0n) is 16.2. The van der Waals surface area contributed by atoms with Gasteiger partial charge < -0.3 is 4.74 Å². The molecule has 0 bridgehead atoms. The largest absolute Gasteiger partial charge is 0.497 e. The SMILES string of the molecule is COC1=CCC(C(c2ccccc2)(c2ccccc2)N2CCCCC2)C=C1. The molecule has 1 aliphatic carbocycles. The quantitative estimate of drug-likeness (QED) is 0.697. The van der Waals surface area contributed by atoms with Crippen molar-refractivity contribution in [2.75, 3.05) is 20.2 Å². The highest BCUT2D eigenvalue weighted by Gasteiger charge is 2.46. The number of piperidine rings is 1. The number of allylic oxidation sites excluding steroid dienone is 2. The highest BCUT2D eigenvalue weighted by atomic mass is 16.5. The molecular weight excluding hydrogens is 330 g/mol. The van der Waals surface area contributed by atoms with E-state index in [0.29, 0.717) is 5.92 Å². The highest BCUT2D eigenvalue weighted by molar-refractivity contribution is 5.42. The van der Waals surface area contributed by atoms with Gasteiger partial charge in [-0.3, -0.25) is 4.90 Å². The molecule has 2 heteroatoms. The van der Waals surface area contributed by atoms with Crippen LogP contribution in [0.5, 0.6) is 0 Å². The smallest absolute Gasteiger partial charge is 0.114 e. The van der Waals surface area contributed by atoms with Gasteiger partial charge in [-0.15, -0.1) is 0 Å². The average molecular weight is 360 g/mol. The van der Waals surface area contributed by atoms with Crippen molar-refractivity contribution in [2.45, 2.75) is 31.2 Å². The van der Waals surface area contributed by atoms with Gasteiger partial charge in [0.15, 0.2) is 0 Å². The first kappa shape index (κ1) is 18.1. The Kier molecular flexibility index (Phi) is 5.45. The van der Waals surface area contributed by atoms with Gasteiger partial charge in [-0.2, -0.15) is 0 Å². The summed E-state index contributed by atoms with van der Waals surface area (Å²) in [5, 5.41) is 0. The van der Waals surface area contributed by atoms with Crippen LogP contribution in [0.4, 0.5) is 0 Å². The summed E-state index contributed by atoms with van der Waals surface area (Å²) in [6, 6.07) is 22.2. The van der Waals surface area contributed by atoms with Crippen LogP contribution in [0.25, 0.3) is 0 Å². The van der Waals surface area contributed by atoms with Gasteiger partial charge in [0, 0.05) is 5.92 Å². The van der Waals surface area contributed by atoms with Gasteiger partial charge in [-0.1, -0.05) is 73.2 Å². The van der Waals surface area contributed by atoms with Crippen molar-refractivity contribution in [3.05, 3.63) is 95.8 Å². The number of nitrogens with zero attached hydrogens (tertiary/aromatic N) is 1. The van der Waals surface area contributed by atoms with Gasteiger partial charge >= 0.3 is 0 Å². The highest BCUT2D eigenvalue weighted by Crippen LogP contribution is 2.47. The molecule has 1 atom stereocenters. The zero-order chi connectivity index (χ0) is 18.5. The third-order valence-corrected chi connectivity index (χ3v) is 6.12. The summed E-state index contributed by atoms with van der Waals surface area (Å²) < 4.78 is 5.47. The molecule has 0 saturated carbocycles. The van der Waals surface area contributed by atoms with E-state index in [1.54, 1.807) is 7.11 Å². The lowest BCUT2D eigenvalue weighted by molar-refractivity contribution is 0.0609. The lowest BCUT2D eigenvalue weighted by Crippen LogP contribution is -2.53. The fourth-order valence-electron chi connectivity index (χ4n) is 4.89. The molecular formula is C25H29NO. The molecule has 27 heavy (non-hydrogen) atoms. The molecule has 1 unspecified atom stereocenters. The molecule has 2 aromatic rings. The molecule has 2 aromatic carbocycles. The number of methoxy groups -OCH3 is 1. The molecule has 4 rings (SSSR count). The van der Waals surface area contributed by atoms with E-state index < -0.39 is 0 Å². The van der Waals surface area contributed by atoms with Gasteiger partial charge in [0.1, 0.15) is 5.76 Å². The van der Waals surface area contributed by atoms with Gasteiger partial charge in [0.2, 0.25) is 0 Å². The van der Waals surface area contributed by atoms with E-state index in [1.807, 2.05) is 0 Å². The number of benzene rings is 2. The summed E-state index contributed by atoms with van der Waals surface area (Å²) in [6.45, 7) is 2.30. The number of rotatable bonds is 5. The standard InChI is InChI=1S/C25H29NO/c1-27-24-17-15-23(16-18-24)25(21-11-5-2-6-12-21,22-13-7-3-8-14-22)26-19-9-4-10-20-26/h2-3,5-8,11-15,17-18,23H,4,9-10,16,19-20H2,1H3. The van der Waals surface area contributed by atoms with Crippen molar-refractivity contribution in [1.29, 1.82) is 0 Å². The van der Waals surface area contributed by atoms with Gasteiger partial charge in [-0.25, -0.2) is 0 Å². The van der Waals surface area contributed by atoms with Crippen LogP contribution in [-0.4, -0.2) is 25.1 Å². The maximum absolute atomic E-state index is 5.47. The van der Waals surface area contributed by atoms with Crippen molar-refractivity contribution in [2.24, 2.45) is 5.92 Å². The molecule has 2 aliphatic rings. The minimum absolute atomic E-state index is 0.144. The fraction of sp³-hybridized carbons (Fsp3) is 0.360. The van der Waals surface area contributed by atoms with Crippen LogP contribution < -0.4 is 0 Å². The summed E-state index contributed by atoms with van der Waals surface area (Å²) >= 11 is 0. The first-order valence-electron chi connectivity index (χ1n) is 10.1. The lowest BCUT2D eigenvalue weighted by Gasteiger charge is -2.51. The maximum Gasteiger partial charge on any atom is 0.114 e. The second-order valence-corrected chi connectivity index (χ2v) is 7.56. The second-order valence-electron chi connectivity index (χ2n) is 7.56. The minimum atomic E-state index is -0.144. The predicted molar refractivity (Wildman–Crippen MR) is 111 cm³/mol. The molecule has 0 N–H and O–H groups in total. The molecule has 1 aliphatic heterocycles. The summed E-state index contributed by atoms with van der Waals surface area (Å²) in [4.78, 5) is 2.74. The summed E-state index contributed by atoms with van der Waals surface area (Å²) in [5.74, 6) is 1.35. The van der Waals surface area contributed by atoms with Crippen molar-refractivity contribution in [3.8, 4) is 0 Å². The molecule has 0 amide bonds. The summed E-state index contributed by atoms with van der Waals surface area (Å²) in [6.07, 6.45) is 11.6. The summed E-state index contributed by atoms with van der Waals surface area (Å²) in [7, 11) is 1.75. The maximum atomic E-state index is 5.47. The van der Waals surface area contributed by atoms with Crippen molar-refractivity contribution in [3.63, 3.8) is 0 Å². The van der Waals surface area contributed by atoms with E-state index in [2.05, 4.69) is 83.8 Å². The van der Waals surface area contributed by atoms with Crippen molar-refractivity contribution in [1.82, 2.24) is 4.90 Å². The Morgan fingerprint density at radius 2 is 1.44 bits per heavy atom. The topological polar surface area (TPSA) is 12.5 Å². The minimum Gasteiger partial charge on any atom is -0.497 e. The second kappa shape index (κ2) is 8.14. The van der Waals surface area contributed by atoms with Crippen LogP contribution in [0.2, 0.25) is 0 Å². The Morgan fingerprint density at radius 3 is 1.93 bits per heavy atom. The van der Waals surface area contributed by atoms with Crippen LogP contribution in [0.3, 0.4) is 0 Å². The third kappa shape index (κ3) is 3.35. The van der Waals surface area contributed by atoms with Gasteiger partial charge in [0.05, 0.1) is 12.6 Å². The van der Waals surface area contributed by atoms with Crippen molar-refractivity contribution < 1.29 is 4.74 Å². The van der Waals surface area contributed by atoms with Crippen LogP contribution in [0.15, 0.2) is 84.7 Å². The lowest BCUT2D eigenvalue weighted by atomic mass is 9.68. The fourth-order valence-corrected chi connectivity index (χ4v) is 4.89. The number of hydrogen-bond acceptors (Lipinski definition) is 2. The molecule has 0 aromatic heterocycles. The first-order valence-corrected chi connectivity index (χ1v) is 10.1. The van der Waals surface area contributed by atoms with E-state index >= 15 is 0 Å². The monoisotopic (exact) mass is 359 g/mol. The molecule has 1 saturated heterocycles. The van der Waals surface area contributed by atoms with Gasteiger partial charge in [0.25, 0.3) is 0 Å². The molecule has 0 radical (unpaired) electrons.